The smallest absolute Gasteiger partial charge is 0.222 e. The number of carbonyl (C=O) groups is 1. The molecular formula is C24H33N3O2. The Labute approximate surface area is 174 Å². The molecule has 2 aliphatic rings. The summed E-state index contributed by atoms with van der Waals surface area (Å²) in [7, 11) is 1.67. The van der Waals surface area contributed by atoms with Gasteiger partial charge in [-0.2, -0.15) is 5.10 Å². The summed E-state index contributed by atoms with van der Waals surface area (Å²) in [5.41, 5.74) is 4.29. The van der Waals surface area contributed by atoms with Gasteiger partial charge in [0.1, 0.15) is 5.75 Å². The summed E-state index contributed by atoms with van der Waals surface area (Å²) >= 11 is 0. The van der Waals surface area contributed by atoms with Gasteiger partial charge in [-0.25, -0.2) is 4.68 Å². The summed E-state index contributed by atoms with van der Waals surface area (Å²) in [6.45, 7) is 6.05. The van der Waals surface area contributed by atoms with Crippen molar-refractivity contribution >= 4 is 5.91 Å². The van der Waals surface area contributed by atoms with Crippen molar-refractivity contribution in [3.8, 4) is 11.4 Å². The van der Waals surface area contributed by atoms with Crippen LogP contribution in [0, 0.1) is 25.7 Å². The van der Waals surface area contributed by atoms with Crippen molar-refractivity contribution in [2.75, 3.05) is 20.2 Å². The van der Waals surface area contributed by atoms with Crippen LogP contribution in [-0.4, -0.2) is 40.8 Å². The summed E-state index contributed by atoms with van der Waals surface area (Å²) in [6, 6.07) is 7.93. The third kappa shape index (κ3) is 4.19. The third-order valence-corrected chi connectivity index (χ3v) is 6.97. The van der Waals surface area contributed by atoms with E-state index in [1.165, 1.54) is 37.7 Å². The monoisotopic (exact) mass is 395 g/mol. The molecule has 29 heavy (non-hydrogen) atoms. The molecule has 2 aromatic rings. The van der Waals surface area contributed by atoms with E-state index in [1.807, 2.05) is 35.9 Å². The number of nitrogens with zero attached hydrogens (tertiary/aromatic N) is 3. The number of rotatable bonds is 5. The molecule has 4 rings (SSSR count). The zero-order valence-electron chi connectivity index (χ0n) is 18.0. The molecule has 0 radical (unpaired) electrons. The Kier molecular flexibility index (Phi) is 5.93. The van der Waals surface area contributed by atoms with E-state index in [-0.39, 0.29) is 0 Å². The van der Waals surface area contributed by atoms with Crippen LogP contribution in [0.2, 0.25) is 0 Å². The molecule has 1 amide bonds. The molecule has 2 atom stereocenters. The van der Waals surface area contributed by atoms with Crippen molar-refractivity contribution in [3.05, 3.63) is 41.2 Å². The summed E-state index contributed by atoms with van der Waals surface area (Å²) in [6.07, 6.45) is 7.92. The van der Waals surface area contributed by atoms with Gasteiger partial charge in [0.05, 0.1) is 18.5 Å². The first-order valence-corrected chi connectivity index (χ1v) is 11.0. The highest BCUT2D eigenvalue weighted by Crippen LogP contribution is 2.36. The lowest BCUT2D eigenvalue weighted by molar-refractivity contribution is -0.134. The molecule has 1 aliphatic carbocycles. The summed E-state index contributed by atoms with van der Waals surface area (Å²) in [5.74, 6) is 2.72. The molecule has 156 valence electrons. The first kappa shape index (κ1) is 20.0. The molecule has 0 N–H and O–H groups in total. The maximum absolute atomic E-state index is 12.9. The van der Waals surface area contributed by atoms with Gasteiger partial charge in [-0.3, -0.25) is 4.79 Å². The predicted octanol–water partition coefficient (Wildman–Crippen LogP) is 4.47. The van der Waals surface area contributed by atoms with Crippen molar-refractivity contribution in [2.24, 2.45) is 11.8 Å². The molecule has 1 saturated carbocycles. The van der Waals surface area contributed by atoms with Gasteiger partial charge in [-0.05, 0) is 62.6 Å². The van der Waals surface area contributed by atoms with E-state index in [0.717, 1.165) is 54.2 Å². The number of fused-ring (bicyclic) bond motifs is 1. The number of carbonyl (C=O) groups excluding carboxylic acids is 1. The number of amides is 1. The van der Waals surface area contributed by atoms with E-state index in [0.29, 0.717) is 12.3 Å². The third-order valence-electron chi connectivity index (χ3n) is 6.97. The second-order valence-electron chi connectivity index (χ2n) is 8.70. The number of ether oxygens (including phenoxy) is 1. The molecule has 0 bridgehead atoms. The van der Waals surface area contributed by atoms with E-state index in [1.54, 1.807) is 7.11 Å². The average molecular weight is 396 g/mol. The van der Waals surface area contributed by atoms with Gasteiger partial charge in [0.15, 0.2) is 0 Å². The van der Waals surface area contributed by atoms with Crippen LogP contribution in [0.3, 0.4) is 0 Å². The Morgan fingerprint density at radius 2 is 1.97 bits per heavy atom. The maximum Gasteiger partial charge on any atom is 0.222 e. The van der Waals surface area contributed by atoms with Gasteiger partial charge in [-0.15, -0.1) is 0 Å². The van der Waals surface area contributed by atoms with Crippen molar-refractivity contribution in [3.63, 3.8) is 0 Å². The molecule has 1 aromatic heterocycles. The lowest BCUT2D eigenvalue weighted by Gasteiger charge is -2.41. The van der Waals surface area contributed by atoms with Crippen LogP contribution in [-0.2, 0) is 11.2 Å². The molecule has 1 aliphatic heterocycles. The van der Waals surface area contributed by atoms with Crippen molar-refractivity contribution in [2.45, 2.75) is 58.8 Å². The SMILES string of the molecule is COc1cccc(-n2nc(C)c(CCC(=O)N3CC[C@@H]4CCCC[C@@H]4C3)c2C)c1. The average Bonchev–Trinajstić information content (AvgIpc) is 3.05. The fraction of sp³-hybridized carbons (Fsp3) is 0.583. The topological polar surface area (TPSA) is 47.4 Å². The lowest BCUT2D eigenvalue weighted by atomic mass is 9.75. The zero-order valence-corrected chi connectivity index (χ0v) is 18.0. The maximum atomic E-state index is 12.9. The Balaban J connectivity index is 1.42. The van der Waals surface area contributed by atoms with Crippen LogP contribution in [0.5, 0.6) is 5.75 Å². The van der Waals surface area contributed by atoms with E-state index in [2.05, 4.69) is 11.8 Å². The quantitative estimate of drug-likeness (QED) is 0.750. The standard InChI is InChI=1S/C24H33N3O2/c1-17-23(18(2)27(25-17)21-9-6-10-22(15-21)29-3)11-12-24(28)26-14-13-19-7-4-5-8-20(19)16-26/h6,9-10,15,19-20H,4-5,7-8,11-14,16H2,1-3H3/t19-,20+/m0/s1. The molecule has 5 nitrogen and oxygen atoms in total. The summed E-state index contributed by atoms with van der Waals surface area (Å²) in [5, 5.41) is 4.74. The van der Waals surface area contributed by atoms with E-state index >= 15 is 0 Å². The fourth-order valence-corrected chi connectivity index (χ4v) is 5.25. The first-order valence-electron chi connectivity index (χ1n) is 11.0. The molecular weight excluding hydrogens is 362 g/mol. The van der Waals surface area contributed by atoms with Gasteiger partial charge < -0.3 is 9.64 Å². The van der Waals surface area contributed by atoms with Gasteiger partial charge in [0.2, 0.25) is 5.91 Å². The molecule has 1 aromatic carbocycles. The molecule has 0 spiro atoms. The lowest BCUT2D eigenvalue weighted by Crippen LogP contribution is -2.44. The number of aromatic nitrogens is 2. The minimum Gasteiger partial charge on any atom is -0.497 e. The molecule has 2 fully saturated rings. The Bertz CT molecular complexity index is 873. The van der Waals surface area contributed by atoms with E-state index in [9.17, 15) is 4.79 Å². The highest BCUT2D eigenvalue weighted by molar-refractivity contribution is 5.76. The summed E-state index contributed by atoms with van der Waals surface area (Å²) < 4.78 is 7.31. The van der Waals surface area contributed by atoms with Crippen molar-refractivity contribution in [1.82, 2.24) is 14.7 Å². The van der Waals surface area contributed by atoms with Crippen LogP contribution < -0.4 is 4.74 Å². The highest BCUT2D eigenvalue weighted by atomic mass is 16.5. The largest absolute Gasteiger partial charge is 0.497 e. The molecule has 2 heterocycles. The van der Waals surface area contributed by atoms with Crippen LogP contribution >= 0.6 is 0 Å². The molecule has 0 unspecified atom stereocenters. The predicted molar refractivity (Wildman–Crippen MR) is 115 cm³/mol. The zero-order chi connectivity index (χ0) is 20.4. The number of piperidine rings is 1. The van der Waals surface area contributed by atoms with Crippen molar-refractivity contribution < 1.29 is 9.53 Å². The van der Waals surface area contributed by atoms with Gasteiger partial charge >= 0.3 is 0 Å². The van der Waals surface area contributed by atoms with Gasteiger partial charge in [-0.1, -0.05) is 25.3 Å². The number of methoxy groups -OCH3 is 1. The Morgan fingerprint density at radius 1 is 1.17 bits per heavy atom. The van der Waals surface area contributed by atoms with Crippen LogP contribution in [0.15, 0.2) is 24.3 Å². The van der Waals surface area contributed by atoms with Crippen LogP contribution in [0.1, 0.15) is 55.5 Å². The minimum absolute atomic E-state index is 0.307. The van der Waals surface area contributed by atoms with Crippen LogP contribution in [0.4, 0.5) is 0 Å². The van der Waals surface area contributed by atoms with Crippen molar-refractivity contribution in [1.29, 1.82) is 0 Å². The van der Waals surface area contributed by atoms with Crippen LogP contribution in [0.25, 0.3) is 5.69 Å². The van der Waals surface area contributed by atoms with Gasteiger partial charge in [0, 0.05) is 31.3 Å². The molecule has 1 saturated heterocycles. The minimum atomic E-state index is 0.307. The number of benzene rings is 1. The molecule has 5 heteroatoms. The number of aryl methyl sites for hydroxylation is 1. The first-order chi connectivity index (χ1) is 14.1. The fourth-order valence-electron chi connectivity index (χ4n) is 5.25. The second-order valence-corrected chi connectivity index (χ2v) is 8.70. The highest BCUT2D eigenvalue weighted by Gasteiger charge is 2.32. The second kappa shape index (κ2) is 8.60. The number of hydrogen-bond acceptors (Lipinski definition) is 3. The Hall–Kier alpha value is -2.30. The Morgan fingerprint density at radius 3 is 2.76 bits per heavy atom. The van der Waals surface area contributed by atoms with Gasteiger partial charge in [0.25, 0.3) is 0 Å². The van der Waals surface area contributed by atoms with E-state index in [4.69, 9.17) is 9.84 Å². The number of likely N-dealkylation sites (tertiary alicyclic amines) is 1. The summed E-state index contributed by atoms with van der Waals surface area (Å²) in [4.78, 5) is 15.0. The van der Waals surface area contributed by atoms with E-state index < -0.39 is 0 Å². The normalized spacial score (nSPS) is 21.7. The number of hydrogen-bond donors (Lipinski definition) is 0.